The van der Waals surface area contributed by atoms with Crippen molar-refractivity contribution in [3.63, 3.8) is 0 Å². The first-order valence-electron chi connectivity index (χ1n) is 7.26. The Morgan fingerprint density at radius 3 is 2.54 bits per heavy atom. The molecule has 8 heteroatoms. The van der Waals surface area contributed by atoms with Crippen molar-refractivity contribution < 1.29 is 27.1 Å². The molecule has 0 fully saturated rings. The van der Waals surface area contributed by atoms with Crippen LogP contribution in [0.1, 0.15) is 24.1 Å². The average molecular weight is 342 g/mol. The number of oxazole rings is 1. The number of nitrogens with one attached hydrogen (secondary N) is 1. The van der Waals surface area contributed by atoms with Crippen LogP contribution < -0.4 is 10.1 Å². The summed E-state index contributed by atoms with van der Waals surface area (Å²) in [7, 11) is 0. The molecule has 0 saturated carbocycles. The van der Waals surface area contributed by atoms with E-state index in [1.165, 1.54) is 24.3 Å². The molecule has 2 aromatic rings. The van der Waals surface area contributed by atoms with Gasteiger partial charge in [-0.3, -0.25) is 4.79 Å². The monoisotopic (exact) mass is 342 g/mol. The summed E-state index contributed by atoms with van der Waals surface area (Å²) in [5, 5.41) is 2.73. The summed E-state index contributed by atoms with van der Waals surface area (Å²) in [5.41, 5.74) is 0.739. The summed E-state index contributed by atoms with van der Waals surface area (Å²) in [5.74, 6) is 0.266. The van der Waals surface area contributed by atoms with Crippen molar-refractivity contribution >= 4 is 5.91 Å². The summed E-state index contributed by atoms with van der Waals surface area (Å²) < 4.78 is 45.3. The minimum Gasteiger partial charge on any atom is -0.444 e. The lowest BCUT2D eigenvalue weighted by Crippen LogP contribution is -2.29. The van der Waals surface area contributed by atoms with Gasteiger partial charge in [0.1, 0.15) is 11.5 Å². The van der Waals surface area contributed by atoms with Crippen molar-refractivity contribution in [2.75, 3.05) is 0 Å². The van der Waals surface area contributed by atoms with Gasteiger partial charge in [-0.1, -0.05) is 19.1 Å². The van der Waals surface area contributed by atoms with Gasteiger partial charge in [0.2, 0.25) is 5.91 Å². The van der Waals surface area contributed by atoms with Gasteiger partial charge < -0.3 is 14.5 Å². The maximum Gasteiger partial charge on any atom is 0.573 e. The highest BCUT2D eigenvalue weighted by Crippen LogP contribution is 2.23. The molecule has 1 heterocycles. The number of halogens is 3. The minimum absolute atomic E-state index is 0.181. The standard InChI is InChI=1S/C16H17F3N2O3/c1-10(15(22)21-9-14-8-20-11(2)23-14)7-12-3-5-13(6-4-12)24-16(17,18)19/h3-6,8,10H,7,9H2,1-2H3,(H,21,22). The number of aryl methyl sites for hydroxylation is 1. The van der Waals surface area contributed by atoms with E-state index < -0.39 is 6.36 Å². The molecule has 1 aromatic heterocycles. The highest BCUT2D eigenvalue weighted by atomic mass is 19.4. The Morgan fingerprint density at radius 2 is 2.00 bits per heavy atom. The SMILES string of the molecule is Cc1ncc(CNC(=O)C(C)Cc2ccc(OC(F)(F)F)cc2)o1. The second kappa shape index (κ2) is 7.37. The molecule has 1 unspecified atom stereocenters. The maximum absolute atomic E-state index is 12.1. The fourth-order valence-electron chi connectivity index (χ4n) is 2.11. The molecular formula is C16H17F3N2O3. The molecule has 0 aliphatic carbocycles. The van der Waals surface area contributed by atoms with Crippen LogP contribution in [-0.4, -0.2) is 17.3 Å². The number of ether oxygens (including phenoxy) is 1. The van der Waals surface area contributed by atoms with Crippen molar-refractivity contribution in [3.05, 3.63) is 47.7 Å². The van der Waals surface area contributed by atoms with Crippen LogP contribution in [0.15, 0.2) is 34.9 Å². The van der Waals surface area contributed by atoms with E-state index in [4.69, 9.17) is 4.42 Å². The fourth-order valence-corrected chi connectivity index (χ4v) is 2.11. The molecule has 0 aliphatic rings. The van der Waals surface area contributed by atoms with E-state index in [-0.39, 0.29) is 24.1 Å². The summed E-state index contributed by atoms with van der Waals surface area (Å²) in [6, 6.07) is 5.46. The van der Waals surface area contributed by atoms with Crippen LogP contribution in [0.4, 0.5) is 13.2 Å². The number of nitrogens with zero attached hydrogens (tertiary/aromatic N) is 1. The zero-order valence-corrected chi connectivity index (χ0v) is 13.2. The number of carbonyl (C=O) groups excluding carboxylic acids is 1. The van der Waals surface area contributed by atoms with Gasteiger partial charge >= 0.3 is 6.36 Å². The van der Waals surface area contributed by atoms with E-state index in [1.54, 1.807) is 20.0 Å². The number of hydrogen-bond donors (Lipinski definition) is 1. The Morgan fingerprint density at radius 1 is 1.33 bits per heavy atom. The number of amides is 1. The van der Waals surface area contributed by atoms with Gasteiger partial charge in [-0.2, -0.15) is 0 Å². The number of rotatable bonds is 6. The molecule has 24 heavy (non-hydrogen) atoms. The van der Waals surface area contributed by atoms with E-state index >= 15 is 0 Å². The van der Waals surface area contributed by atoms with E-state index in [1.807, 2.05) is 0 Å². The summed E-state index contributed by atoms with van der Waals surface area (Å²) in [6.45, 7) is 3.68. The minimum atomic E-state index is -4.71. The Hall–Kier alpha value is -2.51. The normalized spacial score (nSPS) is 12.7. The quantitative estimate of drug-likeness (QED) is 0.874. The van der Waals surface area contributed by atoms with E-state index in [0.717, 1.165) is 5.56 Å². The maximum atomic E-state index is 12.1. The number of hydrogen-bond acceptors (Lipinski definition) is 4. The van der Waals surface area contributed by atoms with Crippen molar-refractivity contribution in [1.29, 1.82) is 0 Å². The molecule has 0 radical (unpaired) electrons. The van der Waals surface area contributed by atoms with E-state index in [2.05, 4.69) is 15.0 Å². The van der Waals surface area contributed by atoms with E-state index in [9.17, 15) is 18.0 Å². The smallest absolute Gasteiger partial charge is 0.444 e. The fraction of sp³-hybridized carbons (Fsp3) is 0.375. The lowest BCUT2D eigenvalue weighted by molar-refractivity contribution is -0.274. The van der Waals surface area contributed by atoms with Crippen molar-refractivity contribution in [3.8, 4) is 5.75 Å². The van der Waals surface area contributed by atoms with Crippen LogP contribution in [0.25, 0.3) is 0 Å². The van der Waals surface area contributed by atoms with Crippen LogP contribution in [0.2, 0.25) is 0 Å². The summed E-state index contributed by atoms with van der Waals surface area (Å²) >= 11 is 0. The molecule has 0 bridgehead atoms. The molecule has 1 amide bonds. The van der Waals surface area contributed by atoms with Crippen LogP contribution in [0.3, 0.4) is 0 Å². The number of carbonyl (C=O) groups is 1. The lowest BCUT2D eigenvalue weighted by atomic mass is 10.0. The topological polar surface area (TPSA) is 64.4 Å². The van der Waals surface area contributed by atoms with Crippen molar-refractivity contribution in [2.45, 2.75) is 33.2 Å². The number of benzene rings is 1. The molecule has 1 aromatic carbocycles. The molecule has 1 atom stereocenters. The van der Waals surface area contributed by atoms with Crippen LogP contribution in [0, 0.1) is 12.8 Å². The number of aromatic nitrogens is 1. The van der Waals surface area contributed by atoms with Gasteiger partial charge in [-0.25, -0.2) is 4.98 Å². The first-order chi connectivity index (χ1) is 11.2. The second-order valence-electron chi connectivity index (χ2n) is 5.36. The molecule has 130 valence electrons. The highest BCUT2D eigenvalue weighted by Gasteiger charge is 2.31. The van der Waals surface area contributed by atoms with Crippen LogP contribution in [0.5, 0.6) is 5.75 Å². The van der Waals surface area contributed by atoms with Gasteiger partial charge in [-0.05, 0) is 24.1 Å². The molecule has 0 spiro atoms. The van der Waals surface area contributed by atoms with Crippen LogP contribution in [-0.2, 0) is 17.8 Å². The average Bonchev–Trinajstić information content (AvgIpc) is 2.91. The Kier molecular flexibility index (Phi) is 5.48. The third-order valence-corrected chi connectivity index (χ3v) is 3.25. The van der Waals surface area contributed by atoms with Gasteiger partial charge in [0.15, 0.2) is 5.89 Å². The third-order valence-electron chi connectivity index (χ3n) is 3.25. The lowest BCUT2D eigenvalue weighted by Gasteiger charge is -2.13. The van der Waals surface area contributed by atoms with E-state index in [0.29, 0.717) is 18.1 Å². The summed E-state index contributed by atoms with van der Waals surface area (Å²) in [4.78, 5) is 16.0. The number of alkyl halides is 3. The third kappa shape index (κ3) is 5.60. The van der Waals surface area contributed by atoms with Crippen molar-refractivity contribution in [2.24, 2.45) is 5.92 Å². The van der Waals surface area contributed by atoms with Gasteiger partial charge in [0.25, 0.3) is 0 Å². The Labute approximate surface area is 136 Å². The predicted octanol–water partition coefficient (Wildman–Crippen LogP) is 3.38. The summed E-state index contributed by atoms with van der Waals surface area (Å²) in [6.07, 6.45) is -2.78. The molecule has 0 aliphatic heterocycles. The molecule has 0 saturated heterocycles. The molecular weight excluding hydrogens is 325 g/mol. The Bertz CT molecular complexity index is 681. The van der Waals surface area contributed by atoms with Gasteiger partial charge in [0, 0.05) is 12.8 Å². The zero-order valence-electron chi connectivity index (χ0n) is 13.2. The Balaban J connectivity index is 1.84. The molecule has 1 N–H and O–H groups in total. The van der Waals surface area contributed by atoms with Crippen LogP contribution >= 0.6 is 0 Å². The molecule has 2 rings (SSSR count). The van der Waals surface area contributed by atoms with Crippen molar-refractivity contribution in [1.82, 2.24) is 10.3 Å². The van der Waals surface area contributed by atoms with Gasteiger partial charge in [0.05, 0.1) is 12.7 Å². The highest BCUT2D eigenvalue weighted by molar-refractivity contribution is 5.78. The predicted molar refractivity (Wildman–Crippen MR) is 79.1 cm³/mol. The molecule has 5 nitrogen and oxygen atoms in total. The second-order valence-corrected chi connectivity index (χ2v) is 5.36. The first kappa shape index (κ1) is 17.8. The zero-order chi connectivity index (χ0) is 17.7. The first-order valence-corrected chi connectivity index (χ1v) is 7.26. The van der Waals surface area contributed by atoms with Gasteiger partial charge in [-0.15, -0.1) is 13.2 Å². The largest absolute Gasteiger partial charge is 0.573 e.